The molecule has 5 fully saturated rings. The maximum Gasteiger partial charge on any atom is 2.00 e. The summed E-state index contributed by atoms with van der Waals surface area (Å²) in [5.41, 5.74) is 6.70. The molecule has 3 saturated carbocycles. The van der Waals surface area contributed by atoms with Gasteiger partial charge in [-0.15, -0.1) is 0 Å². The third-order valence-corrected chi connectivity index (χ3v) is 21.4. The summed E-state index contributed by atoms with van der Waals surface area (Å²) in [5, 5.41) is 4.59. The smallest absolute Gasteiger partial charge is 1.00 e. The van der Waals surface area contributed by atoms with Gasteiger partial charge in [0.1, 0.15) is 0 Å². The second-order valence-electron chi connectivity index (χ2n) is 17.9. The Hall–Kier alpha value is -0.503. The Morgan fingerprint density at radius 1 is 0.526 bits per heavy atom. The molecule has 3 aromatic rings. The molecule has 318 valence electrons. The molecule has 7 heteroatoms. The Morgan fingerprint density at radius 2 is 0.912 bits per heavy atom. The van der Waals surface area contributed by atoms with Gasteiger partial charge in [0.2, 0.25) is 0 Å². The van der Waals surface area contributed by atoms with Crippen molar-refractivity contribution in [3.05, 3.63) is 90.0 Å². The van der Waals surface area contributed by atoms with E-state index in [0.29, 0.717) is 7.92 Å². The first-order valence-corrected chi connectivity index (χ1v) is 32.0. The summed E-state index contributed by atoms with van der Waals surface area (Å²) in [6.45, 7) is 13.8. The van der Waals surface area contributed by atoms with Crippen molar-refractivity contribution in [1.82, 2.24) is 0 Å². The van der Waals surface area contributed by atoms with Crippen LogP contribution in [0, 0.1) is 0 Å². The van der Waals surface area contributed by atoms with Crippen molar-refractivity contribution in [1.29, 1.82) is 0 Å². The second kappa shape index (κ2) is 28.9. The van der Waals surface area contributed by atoms with Gasteiger partial charge in [-0.1, -0.05) is 163 Å². The Kier molecular flexibility index (Phi) is 24.9. The molecule has 0 spiro atoms. The molecule has 2 heterocycles. The van der Waals surface area contributed by atoms with Crippen molar-refractivity contribution in [2.45, 2.75) is 177 Å². The number of hydrogen-bond acceptors (Lipinski definition) is 2. The van der Waals surface area contributed by atoms with Gasteiger partial charge in [0, 0.05) is 35.2 Å². The predicted octanol–water partition coefficient (Wildman–Crippen LogP) is 13.0. The van der Waals surface area contributed by atoms with Crippen LogP contribution < -0.4 is 15.9 Å². The third kappa shape index (κ3) is 17.4. The van der Waals surface area contributed by atoms with Gasteiger partial charge in [-0.3, -0.25) is 8.80 Å². The molecule has 1 atom stereocenters. The Balaban J connectivity index is 0.000000249. The first-order chi connectivity index (χ1) is 27.5. The van der Waals surface area contributed by atoms with Gasteiger partial charge in [0.15, 0.2) is 0 Å². The molecule has 1 unspecified atom stereocenters. The number of ether oxygens (including phenoxy) is 2. The molecule has 0 radical (unpaired) electrons. The molecule has 5 aliphatic rings. The van der Waals surface area contributed by atoms with Crippen molar-refractivity contribution in [3.8, 4) is 0 Å². The van der Waals surface area contributed by atoms with E-state index in [2.05, 4.69) is 105 Å². The van der Waals surface area contributed by atoms with Gasteiger partial charge in [-0.2, -0.15) is 19.1 Å². The Morgan fingerprint density at radius 3 is 1.30 bits per heavy atom. The van der Waals surface area contributed by atoms with Crippen molar-refractivity contribution in [3.63, 3.8) is 0 Å². The molecule has 0 aromatic heterocycles. The average Bonchev–Trinajstić information content (AvgIpc) is 4.03. The minimum absolute atomic E-state index is 0. The van der Waals surface area contributed by atoms with Crippen molar-refractivity contribution >= 4 is 49.4 Å². The van der Waals surface area contributed by atoms with Crippen LogP contribution in [0.3, 0.4) is 0 Å². The standard InChI is InChI=1S/C24H30PSi2.C18H33P.2C4H8O.Ru.H/c1-26(2)18-20-12-8-10-16-23(20)25(22-14-6-5-7-15-22)24-17-11-9-13-21(24)19-27(3)4;1-4-10-16(11-5-1)19(17-12-6-2-7-13-17)18-14-8-3-9-15-18;2*1-2-4-5-3-1;;/h5-17,26H,18-19H2,1-4H3;16-18H,1-15H2;2*1-4H2;;/q-1;;;;+2;-1. The van der Waals surface area contributed by atoms with Crippen LogP contribution >= 0.6 is 15.8 Å². The molecule has 0 bridgehead atoms. The van der Waals surface area contributed by atoms with Crippen molar-refractivity contribution in [2.24, 2.45) is 0 Å². The summed E-state index contributed by atoms with van der Waals surface area (Å²) in [6, 6.07) is 32.1. The number of rotatable bonds is 10. The summed E-state index contributed by atoms with van der Waals surface area (Å²) in [5.74, 6) is 0. The van der Waals surface area contributed by atoms with E-state index in [4.69, 9.17) is 9.47 Å². The first-order valence-electron chi connectivity index (χ1n) is 23.2. The monoisotopic (exact) mass is 932 g/mol. The van der Waals surface area contributed by atoms with Gasteiger partial charge in [0.25, 0.3) is 0 Å². The zero-order valence-electron chi connectivity index (χ0n) is 37.6. The molecule has 57 heavy (non-hydrogen) atoms. The van der Waals surface area contributed by atoms with Crippen LogP contribution in [0.25, 0.3) is 0 Å². The summed E-state index contributed by atoms with van der Waals surface area (Å²) < 4.78 is 9.89. The molecule has 0 amide bonds. The van der Waals surface area contributed by atoms with E-state index in [1.165, 1.54) is 79.3 Å². The van der Waals surface area contributed by atoms with E-state index in [-0.39, 0.29) is 29.7 Å². The van der Waals surface area contributed by atoms with Crippen molar-refractivity contribution in [2.75, 3.05) is 26.4 Å². The van der Waals surface area contributed by atoms with Crippen LogP contribution in [-0.2, 0) is 41.0 Å². The summed E-state index contributed by atoms with van der Waals surface area (Å²) in [4.78, 5) is 0. The van der Waals surface area contributed by atoms with E-state index in [0.717, 1.165) is 26.4 Å². The fourth-order valence-corrected chi connectivity index (χ4v) is 19.6. The van der Waals surface area contributed by atoms with E-state index in [1.54, 1.807) is 98.8 Å². The van der Waals surface area contributed by atoms with Crippen LogP contribution in [0.15, 0.2) is 78.9 Å². The molecule has 2 aliphatic heterocycles. The van der Waals surface area contributed by atoms with Gasteiger partial charge in [-0.25, -0.2) is 0 Å². The van der Waals surface area contributed by atoms with Crippen LogP contribution in [0.5, 0.6) is 0 Å². The van der Waals surface area contributed by atoms with E-state index >= 15 is 0 Å². The fourth-order valence-electron chi connectivity index (χ4n) is 9.64. The topological polar surface area (TPSA) is 18.5 Å². The molecule has 0 N–H and O–H groups in total. The van der Waals surface area contributed by atoms with Gasteiger partial charge >= 0.3 is 19.5 Å². The minimum atomic E-state index is -0.675. The van der Waals surface area contributed by atoms with Gasteiger partial charge < -0.3 is 10.9 Å². The largest absolute Gasteiger partial charge is 2.00 e. The second-order valence-corrected chi connectivity index (χ2v) is 29.1. The molecule has 2 saturated heterocycles. The predicted molar refractivity (Wildman–Crippen MR) is 258 cm³/mol. The van der Waals surface area contributed by atoms with E-state index in [9.17, 15) is 0 Å². The normalized spacial score (nSPS) is 19.8. The average molecular weight is 932 g/mol. The minimum Gasteiger partial charge on any atom is -1.00 e. The zero-order chi connectivity index (χ0) is 39.2. The summed E-state index contributed by atoms with van der Waals surface area (Å²) in [7, 11) is -1.12. The maximum atomic E-state index is 4.94. The molecule has 3 aromatic carbocycles. The quantitative estimate of drug-likeness (QED) is 0.149. The maximum absolute atomic E-state index is 4.94. The van der Waals surface area contributed by atoms with Crippen LogP contribution in [0.4, 0.5) is 0 Å². The first kappa shape index (κ1) is 49.2. The van der Waals surface area contributed by atoms with E-state index < -0.39 is 16.7 Å². The zero-order valence-corrected chi connectivity index (χ0v) is 42.2. The Bertz CT molecular complexity index is 1340. The van der Waals surface area contributed by atoms with Gasteiger partial charge in [0.05, 0.1) is 0 Å². The molecular weight excluding hydrogens is 852 g/mol. The van der Waals surface area contributed by atoms with Crippen LogP contribution in [0.1, 0.15) is 135 Å². The summed E-state index contributed by atoms with van der Waals surface area (Å²) >= 11 is 0. The molecule has 8 rings (SSSR count). The molecule has 2 nitrogen and oxygen atoms in total. The number of hydrogen-bond donors (Lipinski definition) is 0. The van der Waals surface area contributed by atoms with Crippen molar-refractivity contribution < 1.29 is 30.4 Å². The van der Waals surface area contributed by atoms with Crippen LogP contribution in [-0.4, -0.2) is 61.0 Å². The van der Waals surface area contributed by atoms with E-state index in [1.807, 2.05) is 0 Å². The van der Waals surface area contributed by atoms with Gasteiger partial charge in [-0.05, 0) is 117 Å². The van der Waals surface area contributed by atoms with Crippen LogP contribution in [0.2, 0.25) is 26.2 Å². The summed E-state index contributed by atoms with van der Waals surface area (Å²) in [6.07, 6.45) is 28.7. The SMILES string of the molecule is C1CCC(P(C2CCCCC2)C2CCCCC2)CC1.C1CCOC1.C1CCOC1.C[Si-](C)Cc1ccccc1P(c1ccccc1)c1ccccc1C[SiH](C)C.[H-].[Ru+2]. The Labute approximate surface area is 371 Å². The fraction of sp³-hybridized carbons (Fsp3) is 0.640. The molecule has 3 aliphatic carbocycles. The molecular formula is C50H80O2P2RuSi2. The third-order valence-electron chi connectivity index (χ3n) is 12.3. The number of benzene rings is 3.